The monoisotopic (exact) mass is 302 g/mol. The van der Waals surface area contributed by atoms with E-state index in [9.17, 15) is 9.90 Å². The minimum absolute atomic E-state index is 0.0166. The standard InChI is InChI=1S/C10H7BrO4S/c11-7-2-1-6(16-7)8(12)9-5(10(13)14)3-4-15-9/h1-4,8,12H,(H,13,14). The highest BCUT2D eigenvalue weighted by atomic mass is 79.9. The fraction of sp³-hybridized carbons (Fsp3) is 0.100. The van der Waals surface area contributed by atoms with Crippen molar-refractivity contribution in [3.8, 4) is 0 Å². The van der Waals surface area contributed by atoms with Gasteiger partial charge in [-0.3, -0.25) is 0 Å². The van der Waals surface area contributed by atoms with Crippen LogP contribution in [0.3, 0.4) is 0 Å². The van der Waals surface area contributed by atoms with Crippen molar-refractivity contribution in [2.45, 2.75) is 6.10 Å². The van der Waals surface area contributed by atoms with E-state index in [-0.39, 0.29) is 11.3 Å². The van der Waals surface area contributed by atoms with Gasteiger partial charge in [0.15, 0.2) is 5.76 Å². The van der Waals surface area contributed by atoms with Crippen LogP contribution in [-0.2, 0) is 0 Å². The normalized spacial score (nSPS) is 12.6. The topological polar surface area (TPSA) is 70.7 Å². The molecule has 84 valence electrons. The van der Waals surface area contributed by atoms with Crippen molar-refractivity contribution in [3.63, 3.8) is 0 Å². The molecule has 0 spiro atoms. The number of carbonyl (C=O) groups is 1. The Morgan fingerprint density at radius 2 is 2.19 bits per heavy atom. The lowest BCUT2D eigenvalue weighted by molar-refractivity contribution is 0.0688. The number of hydrogen-bond donors (Lipinski definition) is 2. The highest BCUT2D eigenvalue weighted by molar-refractivity contribution is 9.11. The molecule has 0 saturated heterocycles. The Balaban J connectivity index is 2.37. The van der Waals surface area contributed by atoms with E-state index >= 15 is 0 Å². The van der Waals surface area contributed by atoms with Crippen LogP contribution in [0.4, 0.5) is 0 Å². The van der Waals surface area contributed by atoms with Crippen molar-refractivity contribution < 1.29 is 19.4 Å². The van der Waals surface area contributed by atoms with Gasteiger partial charge < -0.3 is 14.6 Å². The number of carboxylic acids is 1. The summed E-state index contributed by atoms with van der Waals surface area (Å²) in [5.41, 5.74) is -0.0166. The maximum atomic E-state index is 10.8. The Hall–Kier alpha value is -1.11. The first-order valence-corrected chi connectivity index (χ1v) is 5.94. The van der Waals surface area contributed by atoms with Crippen LogP contribution in [-0.4, -0.2) is 16.2 Å². The lowest BCUT2D eigenvalue weighted by Gasteiger charge is -2.05. The first-order chi connectivity index (χ1) is 7.59. The van der Waals surface area contributed by atoms with Crippen molar-refractivity contribution in [2.75, 3.05) is 0 Å². The molecule has 2 rings (SSSR count). The molecule has 2 aromatic heterocycles. The second-order valence-corrected chi connectivity index (χ2v) is 5.54. The molecule has 0 saturated carbocycles. The highest BCUT2D eigenvalue weighted by Crippen LogP contribution is 2.32. The van der Waals surface area contributed by atoms with Gasteiger partial charge in [-0.2, -0.15) is 0 Å². The number of hydrogen-bond acceptors (Lipinski definition) is 4. The minimum atomic E-state index is -1.11. The Labute approximate surface area is 103 Å². The van der Waals surface area contributed by atoms with Crippen LogP contribution in [0.5, 0.6) is 0 Å². The van der Waals surface area contributed by atoms with Gasteiger partial charge in [0.05, 0.1) is 10.0 Å². The number of aromatic carboxylic acids is 1. The number of aliphatic hydroxyl groups excluding tert-OH is 1. The fourth-order valence-electron chi connectivity index (χ4n) is 1.31. The molecule has 1 unspecified atom stereocenters. The Morgan fingerprint density at radius 1 is 1.44 bits per heavy atom. The van der Waals surface area contributed by atoms with Gasteiger partial charge in [0.1, 0.15) is 11.7 Å². The summed E-state index contributed by atoms with van der Waals surface area (Å²) in [7, 11) is 0. The third-order valence-electron chi connectivity index (χ3n) is 2.04. The SMILES string of the molecule is O=C(O)c1ccoc1C(O)c1ccc(Br)s1. The molecule has 0 fully saturated rings. The van der Waals surface area contributed by atoms with Crippen LogP contribution >= 0.6 is 27.3 Å². The molecule has 2 N–H and O–H groups in total. The molecule has 0 aliphatic rings. The molecule has 16 heavy (non-hydrogen) atoms. The number of carboxylic acid groups (broad SMARTS) is 1. The van der Waals surface area contributed by atoms with E-state index < -0.39 is 12.1 Å². The zero-order valence-electron chi connectivity index (χ0n) is 7.88. The van der Waals surface area contributed by atoms with Gasteiger partial charge in [-0.15, -0.1) is 11.3 Å². The second-order valence-electron chi connectivity index (χ2n) is 3.05. The zero-order valence-corrected chi connectivity index (χ0v) is 10.3. The van der Waals surface area contributed by atoms with E-state index in [1.54, 1.807) is 12.1 Å². The Bertz CT molecular complexity index is 516. The molecule has 0 aliphatic carbocycles. The summed E-state index contributed by atoms with van der Waals surface area (Å²) in [6.07, 6.45) is 0.211. The number of halogens is 1. The molecule has 6 heteroatoms. The van der Waals surface area contributed by atoms with E-state index in [2.05, 4.69) is 15.9 Å². The van der Waals surface area contributed by atoms with Crippen LogP contribution in [0.15, 0.2) is 32.7 Å². The maximum absolute atomic E-state index is 10.8. The van der Waals surface area contributed by atoms with Gasteiger partial charge in [0.2, 0.25) is 0 Å². The first kappa shape index (κ1) is 11.4. The van der Waals surface area contributed by atoms with Crippen LogP contribution in [0.1, 0.15) is 27.1 Å². The van der Waals surface area contributed by atoms with Crippen molar-refractivity contribution in [2.24, 2.45) is 0 Å². The van der Waals surface area contributed by atoms with Gasteiger partial charge in [0.25, 0.3) is 0 Å². The first-order valence-electron chi connectivity index (χ1n) is 4.33. The van der Waals surface area contributed by atoms with Gasteiger partial charge in [0, 0.05) is 4.88 Å². The van der Waals surface area contributed by atoms with Crippen molar-refractivity contribution in [1.29, 1.82) is 0 Å². The molecular formula is C10H7BrO4S. The molecule has 0 aromatic carbocycles. The molecule has 4 nitrogen and oxygen atoms in total. The van der Waals surface area contributed by atoms with E-state index in [1.807, 2.05) is 0 Å². The molecule has 0 radical (unpaired) electrons. The van der Waals surface area contributed by atoms with Crippen LogP contribution in [0, 0.1) is 0 Å². The molecule has 0 bridgehead atoms. The highest BCUT2D eigenvalue weighted by Gasteiger charge is 2.23. The zero-order chi connectivity index (χ0) is 11.7. The van der Waals surface area contributed by atoms with Crippen molar-refractivity contribution >= 4 is 33.2 Å². The number of furan rings is 1. The van der Waals surface area contributed by atoms with Crippen LogP contribution in [0.2, 0.25) is 0 Å². The summed E-state index contributed by atoms with van der Waals surface area (Å²) in [5, 5.41) is 18.8. The number of thiophene rings is 1. The summed E-state index contributed by atoms with van der Waals surface area (Å²) in [6.45, 7) is 0. The summed E-state index contributed by atoms with van der Waals surface area (Å²) in [6, 6.07) is 4.82. The second kappa shape index (κ2) is 4.40. The fourth-order valence-corrected chi connectivity index (χ4v) is 2.72. The van der Waals surface area contributed by atoms with Gasteiger partial charge >= 0.3 is 5.97 Å². The van der Waals surface area contributed by atoms with E-state index in [0.717, 1.165) is 3.79 Å². The van der Waals surface area contributed by atoms with Crippen LogP contribution in [0.25, 0.3) is 0 Å². The Morgan fingerprint density at radius 3 is 2.75 bits per heavy atom. The minimum Gasteiger partial charge on any atom is -0.478 e. The summed E-state index contributed by atoms with van der Waals surface area (Å²) >= 11 is 4.60. The molecule has 0 amide bonds. The lowest BCUT2D eigenvalue weighted by atomic mass is 10.1. The number of rotatable bonds is 3. The van der Waals surface area contributed by atoms with Crippen molar-refractivity contribution in [1.82, 2.24) is 0 Å². The average Bonchev–Trinajstić information content (AvgIpc) is 2.84. The third-order valence-corrected chi connectivity index (χ3v) is 3.71. The molecular weight excluding hydrogens is 296 g/mol. The molecule has 0 aliphatic heterocycles. The van der Waals surface area contributed by atoms with Crippen LogP contribution < -0.4 is 0 Å². The molecule has 1 atom stereocenters. The predicted octanol–water partition coefficient (Wildman–Crippen LogP) is 2.88. The summed E-state index contributed by atoms with van der Waals surface area (Å²) in [5.74, 6) is -1.06. The third kappa shape index (κ3) is 2.04. The van der Waals surface area contributed by atoms with Crippen molar-refractivity contribution in [3.05, 3.63) is 44.4 Å². The Kier molecular flexibility index (Phi) is 3.13. The number of aliphatic hydroxyl groups is 1. The summed E-state index contributed by atoms with van der Waals surface area (Å²) in [4.78, 5) is 11.5. The predicted molar refractivity (Wildman–Crippen MR) is 61.7 cm³/mol. The van der Waals surface area contributed by atoms with E-state index in [4.69, 9.17) is 9.52 Å². The van der Waals surface area contributed by atoms with Gasteiger partial charge in [-0.05, 0) is 34.1 Å². The molecule has 2 heterocycles. The average molecular weight is 303 g/mol. The van der Waals surface area contributed by atoms with E-state index in [1.165, 1.54) is 23.7 Å². The smallest absolute Gasteiger partial charge is 0.339 e. The van der Waals surface area contributed by atoms with E-state index in [0.29, 0.717) is 4.88 Å². The summed E-state index contributed by atoms with van der Waals surface area (Å²) < 4.78 is 5.88. The largest absolute Gasteiger partial charge is 0.478 e. The van der Waals surface area contributed by atoms with Gasteiger partial charge in [-0.25, -0.2) is 4.79 Å². The van der Waals surface area contributed by atoms with Gasteiger partial charge in [-0.1, -0.05) is 0 Å². The maximum Gasteiger partial charge on any atom is 0.339 e. The quantitative estimate of drug-likeness (QED) is 0.914. The lowest BCUT2D eigenvalue weighted by Crippen LogP contribution is -2.04. The molecule has 2 aromatic rings.